The number of anilines is 1. The third kappa shape index (κ3) is 2.94. The van der Waals surface area contributed by atoms with E-state index in [-0.39, 0.29) is 11.9 Å². The van der Waals surface area contributed by atoms with Crippen LogP contribution in [-0.2, 0) is 0 Å². The van der Waals surface area contributed by atoms with E-state index in [1.54, 1.807) is 23.6 Å². The monoisotopic (exact) mass is 291 g/mol. The van der Waals surface area contributed by atoms with Crippen molar-refractivity contribution < 1.29 is 4.79 Å². The average Bonchev–Trinajstić information content (AvgIpc) is 2.77. The SMILES string of the molecule is Cc1nc(C)c(C(C)NC(=O)c2cnccc2NN)s1. The quantitative estimate of drug-likeness (QED) is 0.591. The number of rotatable bonds is 4. The molecule has 1 unspecified atom stereocenters. The van der Waals surface area contributed by atoms with E-state index in [1.807, 2.05) is 20.8 Å². The number of carbonyl (C=O) groups excluding carboxylic acids is 1. The lowest BCUT2D eigenvalue weighted by Gasteiger charge is -2.14. The van der Waals surface area contributed by atoms with Gasteiger partial charge in [0.15, 0.2) is 0 Å². The van der Waals surface area contributed by atoms with Crippen LogP contribution in [0, 0.1) is 13.8 Å². The van der Waals surface area contributed by atoms with Crippen LogP contribution in [0.15, 0.2) is 18.5 Å². The van der Waals surface area contributed by atoms with Crippen molar-refractivity contribution >= 4 is 22.9 Å². The van der Waals surface area contributed by atoms with Crippen LogP contribution in [0.4, 0.5) is 5.69 Å². The van der Waals surface area contributed by atoms with Gasteiger partial charge in [-0.2, -0.15) is 0 Å². The lowest BCUT2D eigenvalue weighted by molar-refractivity contribution is 0.0941. The van der Waals surface area contributed by atoms with Crippen LogP contribution in [0.3, 0.4) is 0 Å². The Kier molecular flexibility index (Phi) is 4.31. The summed E-state index contributed by atoms with van der Waals surface area (Å²) >= 11 is 1.59. The molecule has 0 aliphatic carbocycles. The summed E-state index contributed by atoms with van der Waals surface area (Å²) in [6.45, 7) is 5.83. The van der Waals surface area contributed by atoms with Crippen LogP contribution in [0.5, 0.6) is 0 Å². The molecule has 1 amide bonds. The molecule has 2 heterocycles. The van der Waals surface area contributed by atoms with Gasteiger partial charge in [-0.1, -0.05) is 0 Å². The summed E-state index contributed by atoms with van der Waals surface area (Å²) < 4.78 is 0. The first-order valence-corrected chi connectivity index (χ1v) is 7.00. The normalized spacial score (nSPS) is 12.0. The highest BCUT2D eigenvalue weighted by Crippen LogP contribution is 2.25. The minimum absolute atomic E-state index is 0.112. The Morgan fingerprint density at radius 3 is 2.80 bits per heavy atom. The van der Waals surface area contributed by atoms with Gasteiger partial charge in [0.25, 0.3) is 5.91 Å². The molecule has 6 nitrogen and oxygen atoms in total. The fourth-order valence-corrected chi connectivity index (χ4v) is 2.92. The van der Waals surface area contributed by atoms with Crippen molar-refractivity contribution in [1.29, 1.82) is 0 Å². The molecule has 0 fully saturated rings. The minimum Gasteiger partial charge on any atom is -0.345 e. The first kappa shape index (κ1) is 14.4. The lowest BCUT2D eigenvalue weighted by Crippen LogP contribution is -2.28. The molecular weight excluding hydrogens is 274 g/mol. The second kappa shape index (κ2) is 5.98. The molecule has 1 atom stereocenters. The van der Waals surface area contributed by atoms with Gasteiger partial charge in [0.05, 0.1) is 28.0 Å². The van der Waals surface area contributed by atoms with Crippen molar-refractivity contribution in [2.75, 3.05) is 5.43 Å². The number of nitrogens with one attached hydrogen (secondary N) is 2. The molecule has 4 N–H and O–H groups in total. The Balaban J connectivity index is 2.17. The molecular formula is C13H17N5OS. The fourth-order valence-electron chi connectivity index (χ4n) is 1.99. The van der Waals surface area contributed by atoms with Gasteiger partial charge in [-0.3, -0.25) is 15.6 Å². The van der Waals surface area contributed by atoms with Crippen LogP contribution in [0.1, 0.15) is 38.9 Å². The van der Waals surface area contributed by atoms with E-state index in [0.717, 1.165) is 15.6 Å². The molecule has 106 valence electrons. The van der Waals surface area contributed by atoms with Gasteiger partial charge in [-0.15, -0.1) is 11.3 Å². The third-order valence-corrected chi connectivity index (χ3v) is 4.16. The summed E-state index contributed by atoms with van der Waals surface area (Å²) in [6.07, 6.45) is 3.06. The van der Waals surface area contributed by atoms with E-state index in [4.69, 9.17) is 5.84 Å². The largest absolute Gasteiger partial charge is 0.345 e. The third-order valence-electron chi connectivity index (χ3n) is 2.90. The zero-order chi connectivity index (χ0) is 14.7. The predicted molar refractivity (Wildman–Crippen MR) is 79.5 cm³/mol. The van der Waals surface area contributed by atoms with E-state index in [0.29, 0.717) is 11.3 Å². The Labute approximate surface area is 121 Å². The second-order valence-electron chi connectivity index (χ2n) is 4.44. The molecule has 0 spiro atoms. The van der Waals surface area contributed by atoms with Gasteiger partial charge in [0.2, 0.25) is 0 Å². The number of nitrogen functional groups attached to an aromatic ring is 1. The topological polar surface area (TPSA) is 92.9 Å². The maximum atomic E-state index is 12.3. The van der Waals surface area contributed by atoms with Crippen LogP contribution >= 0.6 is 11.3 Å². The standard InChI is InChI=1S/C13H17N5OS/c1-7-12(20-9(3)16-7)8(2)17-13(19)10-6-15-5-4-11(10)18-14/h4-6,8H,14H2,1-3H3,(H,15,18)(H,17,19). The van der Waals surface area contributed by atoms with Crippen molar-refractivity contribution in [3.63, 3.8) is 0 Å². The van der Waals surface area contributed by atoms with Crippen LogP contribution in [0.2, 0.25) is 0 Å². The van der Waals surface area contributed by atoms with Crippen LogP contribution in [0.25, 0.3) is 0 Å². The Hall–Kier alpha value is -1.99. The number of thiazole rings is 1. The molecule has 0 aliphatic rings. The number of hydrogen-bond acceptors (Lipinski definition) is 6. The molecule has 2 aromatic heterocycles. The van der Waals surface area contributed by atoms with Crippen LogP contribution in [-0.4, -0.2) is 15.9 Å². The number of nitrogens with two attached hydrogens (primary N) is 1. The van der Waals surface area contributed by atoms with Crippen molar-refractivity contribution in [1.82, 2.24) is 15.3 Å². The van der Waals surface area contributed by atoms with Gasteiger partial charge < -0.3 is 10.7 Å². The average molecular weight is 291 g/mol. The molecule has 0 aromatic carbocycles. The van der Waals surface area contributed by atoms with E-state index in [9.17, 15) is 4.79 Å². The van der Waals surface area contributed by atoms with Crippen molar-refractivity contribution in [3.8, 4) is 0 Å². The zero-order valence-corrected chi connectivity index (χ0v) is 12.4. The molecule has 20 heavy (non-hydrogen) atoms. The number of nitrogens with zero attached hydrogens (tertiary/aromatic N) is 2. The summed E-state index contributed by atoms with van der Waals surface area (Å²) in [4.78, 5) is 21.6. The molecule has 0 bridgehead atoms. The summed E-state index contributed by atoms with van der Waals surface area (Å²) in [6, 6.07) is 1.54. The minimum atomic E-state index is -0.219. The molecule has 0 radical (unpaired) electrons. The Morgan fingerprint density at radius 2 is 2.20 bits per heavy atom. The lowest BCUT2D eigenvalue weighted by atomic mass is 10.2. The summed E-state index contributed by atoms with van der Waals surface area (Å²) in [5.41, 5.74) is 4.40. The molecule has 0 aliphatic heterocycles. The Morgan fingerprint density at radius 1 is 1.45 bits per heavy atom. The first-order chi connectivity index (χ1) is 9.52. The highest BCUT2D eigenvalue weighted by atomic mass is 32.1. The van der Waals surface area contributed by atoms with E-state index < -0.39 is 0 Å². The highest BCUT2D eigenvalue weighted by Gasteiger charge is 2.18. The van der Waals surface area contributed by atoms with Gasteiger partial charge >= 0.3 is 0 Å². The van der Waals surface area contributed by atoms with Crippen molar-refractivity contribution in [3.05, 3.63) is 39.6 Å². The van der Waals surface area contributed by atoms with Crippen molar-refractivity contribution in [2.24, 2.45) is 5.84 Å². The van der Waals surface area contributed by atoms with Gasteiger partial charge in [0.1, 0.15) is 0 Å². The number of hydrazine groups is 1. The zero-order valence-electron chi connectivity index (χ0n) is 11.6. The van der Waals surface area contributed by atoms with E-state index in [2.05, 4.69) is 20.7 Å². The van der Waals surface area contributed by atoms with Gasteiger partial charge in [-0.05, 0) is 26.8 Å². The molecule has 0 saturated carbocycles. The summed E-state index contributed by atoms with van der Waals surface area (Å²) in [5.74, 6) is 5.17. The maximum Gasteiger partial charge on any atom is 0.255 e. The predicted octanol–water partition coefficient (Wildman–Crippen LogP) is 1.93. The number of pyridine rings is 1. The number of amides is 1. The maximum absolute atomic E-state index is 12.3. The molecule has 0 saturated heterocycles. The van der Waals surface area contributed by atoms with Crippen LogP contribution < -0.4 is 16.6 Å². The van der Waals surface area contributed by atoms with E-state index >= 15 is 0 Å². The summed E-state index contributed by atoms with van der Waals surface area (Å²) in [5, 5.41) is 3.93. The molecule has 2 aromatic rings. The molecule has 7 heteroatoms. The highest BCUT2D eigenvalue weighted by molar-refractivity contribution is 7.11. The molecule has 2 rings (SSSR count). The number of carbonyl (C=O) groups is 1. The second-order valence-corrected chi connectivity index (χ2v) is 5.68. The van der Waals surface area contributed by atoms with Gasteiger partial charge in [0, 0.05) is 17.3 Å². The first-order valence-electron chi connectivity index (χ1n) is 6.18. The summed E-state index contributed by atoms with van der Waals surface area (Å²) in [7, 11) is 0. The number of aromatic nitrogens is 2. The van der Waals surface area contributed by atoms with E-state index in [1.165, 1.54) is 6.20 Å². The Bertz CT molecular complexity index is 625. The fraction of sp³-hybridized carbons (Fsp3) is 0.308. The number of aryl methyl sites for hydroxylation is 2. The van der Waals surface area contributed by atoms with Gasteiger partial charge in [-0.25, -0.2) is 4.98 Å². The smallest absolute Gasteiger partial charge is 0.255 e. The number of hydrogen-bond donors (Lipinski definition) is 3. The van der Waals surface area contributed by atoms with Crippen molar-refractivity contribution in [2.45, 2.75) is 26.8 Å².